The molecule has 0 aliphatic rings. The van der Waals surface area contributed by atoms with Crippen LogP contribution in [0.4, 0.5) is 0 Å². The van der Waals surface area contributed by atoms with Crippen molar-refractivity contribution < 1.29 is 4.79 Å². The highest BCUT2D eigenvalue weighted by Crippen LogP contribution is 2.23. The first-order valence-electron chi connectivity index (χ1n) is 6.48. The lowest BCUT2D eigenvalue weighted by molar-refractivity contribution is -0.112. The average Bonchev–Trinajstić information content (AvgIpc) is 2.10. The van der Waals surface area contributed by atoms with Crippen LogP contribution in [0, 0.1) is 11.3 Å². The topological polar surface area (TPSA) is 17.1 Å². The summed E-state index contributed by atoms with van der Waals surface area (Å²) in [4.78, 5) is 10.7. The molecule has 0 aromatic carbocycles. The molecule has 0 saturated heterocycles. The third-order valence-electron chi connectivity index (χ3n) is 2.76. The molecule has 0 saturated carbocycles. The van der Waals surface area contributed by atoms with Crippen LogP contribution < -0.4 is 0 Å². The van der Waals surface area contributed by atoms with Crippen LogP contribution >= 0.6 is 0 Å². The molecule has 0 aromatic rings. The zero-order valence-corrected chi connectivity index (χ0v) is 11.7. The fourth-order valence-electron chi connectivity index (χ4n) is 1.73. The van der Waals surface area contributed by atoms with Gasteiger partial charge < -0.3 is 0 Å². The molecular formula is C15H28O. The van der Waals surface area contributed by atoms with Gasteiger partial charge in [-0.3, -0.25) is 4.79 Å². The molecule has 0 N–H and O–H groups in total. The SMILES string of the molecule is CC(=O)C=CCC(C)CCCCC(C)(C)C. The van der Waals surface area contributed by atoms with Gasteiger partial charge in [0.15, 0.2) is 5.78 Å². The van der Waals surface area contributed by atoms with E-state index in [2.05, 4.69) is 27.7 Å². The summed E-state index contributed by atoms with van der Waals surface area (Å²) in [5, 5.41) is 0. The van der Waals surface area contributed by atoms with Crippen LogP contribution in [0.2, 0.25) is 0 Å². The maximum Gasteiger partial charge on any atom is 0.152 e. The zero-order valence-electron chi connectivity index (χ0n) is 11.7. The van der Waals surface area contributed by atoms with Crippen molar-refractivity contribution in [3.63, 3.8) is 0 Å². The molecule has 0 aromatic heterocycles. The number of allylic oxidation sites excluding steroid dienone is 2. The maximum atomic E-state index is 10.7. The Hall–Kier alpha value is -0.590. The van der Waals surface area contributed by atoms with Crippen molar-refractivity contribution in [3.8, 4) is 0 Å². The van der Waals surface area contributed by atoms with Crippen LogP contribution in [0.15, 0.2) is 12.2 Å². The number of unbranched alkanes of at least 4 members (excludes halogenated alkanes) is 1. The Morgan fingerprint density at radius 2 is 1.88 bits per heavy atom. The molecule has 0 aliphatic carbocycles. The molecule has 0 heterocycles. The predicted molar refractivity (Wildman–Crippen MR) is 71.5 cm³/mol. The lowest BCUT2D eigenvalue weighted by Gasteiger charge is -2.18. The van der Waals surface area contributed by atoms with Crippen molar-refractivity contribution >= 4 is 5.78 Å². The van der Waals surface area contributed by atoms with Crippen molar-refractivity contribution in [3.05, 3.63) is 12.2 Å². The van der Waals surface area contributed by atoms with Gasteiger partial charge in [-0.1, -0.05) is 53.0 Å². The molecule has 1 unspecified atom stereocenters. The van der Waals surface area contributed by atoms with E-state index in [0.717, 1.165) is 6.42 Å². The maximum absolute atomic E-state index is 10.7. The second-order valence-corrected chi connectivity index (χ2v) is 6.16. The number of carbonyl (C=O) groups is 1. The molecule has 0 radical (unpaired) electrons. The summed E-state index contributed by atoms with van der Waals surface area (Å²) in [7, 11) is 0. The van der Waals surface area contributed by atoms with Crippen LogP contribution in [0.5, 0.6) is 0 Å². The molecule has 0 aliphatic heterocycles. The van der Waals surface area contributed by atoms with Gasteiger partial charge in [0.1, 0.15) is 0 Å². The van der Waals surface area contributed by atoms with Gasteiger partial charge in [-0.2, -0.15) is 0 Å². The van der Waals surface area contributed by atoms with Crippen LogP contribution in [0.1, 0.15) is 66.7 Å². The molecule has 0 spiro atoms. The lowest BCUT2D eigenvalue weighted by atomic mass is 9.88. The van der Waals surface area contributed by atoms with Gasteiger partial charge in [0.05, 0.1) is 0 Å². The largest absolute Gasteiger partial charge is 0.295 e. The van der Waals surface area contributed by atoms with E-state index >= 15 is 0 Å². The summed E-state index contributed by atoms with van der Waals surface area (Å²) < 4.78 is 0. The summed E-state index contributed by atoms with van der Waals surface area (Å²) >= 11 is 0. The van der Waals surface area contributed by atoms with Gasteiger partial charge in [-0.25, -0.2) is 0 Å². The molecule has 0 amide bonds. The Labute approximate surface area is 101 Å². The Kier molecular flexibility index (Phi) is 7.36. The zero-order chi connectivity index (χ0) is 12.6. The van der Waals surface area contributed by atoms with E-state index in [1.807, 2.05) is 6.08 Å². The van der Waals surface area contributed by atoms with Crippen molar-refractivity contribution in [2.75, 3.05) is 0 Å². The van der Waals surface area contributed by atoms with Gasteiger partial charge in [0.2, 0.25) is 0 Å². The average molecular weight is 224 g/mol. The van der Waals surface area contributed by atoms with Crippen LogP contribution in [0.25, 0.3) is 0 Å². The van der Waals surface area contributed by atoms with Gasteiger partial charge in [-0.05, 0) is 37.2 Å². The molecule has 94 valence electrons. The summed E-state index contributed by atoms with van der Waals surface area (Å²) in [6, 6.07) is 0. The number of hydrogen-bond donors (Lipinski definition) is 0. The second-order valence-electron chi connectivity index (χ2n) is 6.16. The quantitative estimate of drug-likeness (QED) is 0.450. The smallest absolute Gasteiger partial charge is 0.152 e. The van der Waals surface area contributed by atoms with E-state index < -0.39 is 0 Å². The number of hydrogen-bond acceptors (Lipinski definition) is 1. The molecule has 0 fully saturated rings. The van der Waals surface area contributed by atoms with Gasteiger partial charge in [-0.15, -0.1) is 0 Å². The number of carbonyl (C=O) groups excluding carboxylic acids is 1. The van der Waals surface area contributed by atoms with Crippen LogP contribution in [-0.4, -0.2) is 5.78 Å². The van der Waals surface area contributed by atoms with Crippen LogP contribution in [0.3, 0.4) is 0 Å². The van der Waals surface area contributed by atoms with Crippen LogP contribution in [-0.2, 0) is 4.79 Å². The fraction of sp³-hybridized carbons (Fsp3) is 0.800. The molecule has 1 nitrogen and oxygen atoms in total. The fourth-order valence-corrected chi connectivity index (χ4v) is 1.73. The van der Waals surface area contributed by atoms with E-state index in [0.29, 0.717) is 11.3 Å². The Morgan fingerprint density at radius 3 is 2.38 bits per heavy atom. The van der Waals surface area contributed by atoms with Crippen molar-refractivity contribution in [2.45, 2.75) is 66.7 Å². The summed E-state index contributed by atoms with van der Waals surface area (Å²) in [5.41, 5.74) is 0.470. The first-order chi connectivity index (χ1) is 7.31. The highest BCUT2D eigenvalue weighted by Gasteiger charge is 2.09. The van der Waals surface area contributed by atoms with E-state index in [1.165, 1.54) is 25.7 Å². The molecule has 1 heteroatoms. The lowest BCUT2D eigenvalue weighted by Crippen LogP contribution is -2.04. The Balaban J connectivity index is 3.51. The predicted octanol–water partition coefficient (Wildman–Crippen LogP) is 4.76. The van der Waals surface area contributed by atoms with E-state index in [4.69, 9.17) is 0 Å². The summed E-state index contributed by atoms with van der Waals surface area (Å²) in [6.45, 7) is 10.8. The molecule has 0 rings (SSSR count). The van der Waals surface area contributed by atoms with Crippen molar-refractivity contribution in [1.29, 1.82) is 0 Å². The highest BCUT2D eigenvalue weighted by atomic mass is 16.1. The first kappa shape index (κ1) is 15.4. The van der Waals surface area contributed by atoms with E-state index in [-0.39, 0.29) is 5.78 Å². The third-order valence-corrected chi connectivity index (χ3v) is 2.76. The molecule has 1 atom stereocenters. The Bertz CT molecular complexity index is 220. The van der Waals surface area contributed by atoms with E-state index in [1.54, 1.807) is 13.0 Å². The molecule has 16 heavy (non-hydrogen) atoms. The number of rotatable bonds is 7. The standard InChI is InChI=1S/C15H28O/c1-13(10-8-11-14(2)16)9-6-7-12-15(3,4)5/h8,11,13H,6-7,9-10,12H2,1-5H3. The minimum absolute atomic E-state index is 0.153. The normalized spacial score (nSPS) is 14.3. The van der Waals surface area contributed by atoms with E-state index in [9.17, 15) is 4.79 Å². The molecular weight excluding hydrogens is 196 g/mol. The second kappa shape index (κ2) is 7.65. The monoisotopic (exact) mass is 224 g/mol. The minimum Gasteiger partial charge on any atom is -0.295 e. The Morgan fingerprint density at radius 1 is 1.25 bits per heavy atom. The van der Waals surface area contributed by atoms with Gasteiger partial charge in [0, 0.05) is 0 Å². The summed E-state index contributed by atoms with van der Waals surface area (Å²) in [5.74, 6) is 0.857. The summed E-state index contributed by atoms with van der Waals surface area (Å²) in [6.07, 6.45) is 9.95. The minimum atomic E-state index is 0.153. The number of ketones is 1. The van der Waals surface area contributed by atoms with Crippen molar-refractivity contribution in [2.24, 2.45) is 11.3 Å². The first-order valence-corrected chi connectivity index (χ1v) is 6.48. The van der Waals surface area contributed by atoms with Gasteiger partial charge >= 0.3 is 0 Å². The van der Waals surface area contributed by atoms with Crippen molar-refractivity contribution in [1.82, 2.24) is 0 Å². The molecule has 0 bridgehead atoms. The van der Waals surface area contributed by atoms with Gasteiger partial charge in [0.25, 0.3) is 0 Å². The third kappa shape index (κ3) is 11.5. The highest BCUT2D eigenvalue weighted by molar-refractivity contribution is 5.87.